The fourth-order valence-electron chi connectivity index (χ4n) is 2.21. The molecule has 5 N–H and O–H groups in total. The molecule has 1 rings (SSSR count). The molecule has 0 saturated carbocycles. The molecule has 24 heavy (non-hydrogen) atoms. The molecule has 0 aliphatic heterocycles. The van der Waals surface area contributed by atoms with Crippen LogP contribution in [-0.4, -0.2) is 38.9 Å². The van der Waals surface area contributed by atoms with Gasteiger partial charge in [0.2, 0.25) is 5.91 Å². The van der Waals surface area contributed by atoms with E-state index in [0.29, 0.717) is 5.56 Å². The molecule has 1 aromatic carbocycles. The summed E-state index contributed by atoms with van der Waals surface area (Å²) < 4.78 is 11.2. The maximum Gasteiger partial charge on any atom is 0.401 e. The highest BCUT2D eigenvalue weighted by atomic mass is 31.2. The van der Waals surface area contributed by atoms with Gasteiger partial charge in [0.25, 0.3) is 0 Å². The fraction of sp³-hybridized carbons (Fsp3) is 0.467. The van der Waals surface area contributed by atoms with E-state index in [4.69, 9.17) is 9.79 Å². The van der Waals surface area contributed by atoms with Crippen molar-refractivity contribution in [3.63, 3.8) is 0 Å². The zero-order chi connectivity index (χ0) is 18.3. The molecule has 134 valence electrons. The van der Waals surface area contributed by atoms with E-state index in [-0.39, 0.29) is 18.8 Å². The lowest BCUT2D eigenvalue weighted by Gasteiger charge is -2.22. The summed E-state index contributed by atoms with van der Waals surface area (Å²) in [4.78, 5) is 41.8. The van der Waals surface area contributed by atoms with Crippen molar-refractivity contribution in [3.8, 4) is 0 Å². The molecule has 9 heteroatoms. The van der Waals surface area contributed by atoms with Crippen LogP contribution in [0.15, 0.2) is 30.3 Å². The van der Waals surface area contributed by atoms with Gasteiger partial charge in [0, 0.05) is 0 Å². The van der Waals surface area contributed by atoms with Crippen molar-refractivity contribution in [2.45, 2.75) is 38.8 Å². The van der Waals surface area contributed by atoms with Gasteiger partial charge < -0.3 is 20.2 Å². The van der Waals surface area contributed by atoms with Crippen LogP contribution in [0.2, 0.25) is 0 Å². The summed E-state index contributed by atoms with van der Waals surface area (Å²) in [6.07, 6.45) is 0.237. The van der Waals surface area contributed by atoms with Crippen molar-refractivity contribution < 1.29 is 29.0 Å². The van der Waals surface area contributed by atoms with Gasteiger partial charge in [0.05, 0.1) is 0 Å². The first kappa shape index (κ1) is 20.3. The molecule has 0 radical (unpaired) electrons. The number of rotatable bonds is 9. The van der Waals surface area contributed by atoms with Gasteiger partial charge >= 0.3 is 13.7 Å². The topological polar surface area (TPSA) is 136 Å². The third-order valence-corrected chi connectivity index (χ3v) is 3.89. The number of hydrogen-bond acceptors (Lipinski definition) is 3. The SMILES string of the molecule is CC(C)CC(NC(=O)C(Cc1ccccc1)NP(=O)(O)O)C(=O)O. The Labute approximate surface area is 140 Å². The van der Waals surface area contributed by atoms with E-state index in [2.05, 4.69) is 5.32 Å². The zero-order valence-corrected chi connectivity index (χ0v) is 14.4. The van der Waals surface area contributed by atoms with E-state index in [1.54, 1.807) is 30.3 Å². The molecule has 0 bridgehead atoms. The maximum absolute atomic E-state index is 12.3. The first-order valence-corrected chi connectivity index (χ1v) is 9.10. The molecule has 0 spiro atoms. The van der Waals surface area contributed by atoms with E-state index in [1.807, 2.05) is 18.9 Å². The van der Waals surface area contributed by atoms with Gasteiger partial charge in [-0.1, -0.05) is 44.2 Å². The molecule has 0 aliphatic rings. The Morgan fingerprint density at radius 3 is 2.17 bits per heavy atom. The van der Waals surface area contributed by atoms with Gasteiger partial charge in [-0.2, -0.15) is 0 Å². The summed E-state index contributed by atoms with van der Waals surface area (Å²) in [6, 6.07) is 6.31. The van der Waals surface area contributed by atoms with Crippen LogP contribution >= 0.6 is 7.75 Å². The summed E-state index contributed by atoms with van der Waals surface area (Å²) in [5, 5.41) is 13.5. The van der Waals surface area contributed by atoms with Gasteiger partial charge in [-0.3, -0.25) is 4.79 Å². The fourth-order valence-corrected chi connectivity index (χ4v) is 2.83. The van der Waals surface area contributed by atoms with Crippen molar-refractivity contribution in [1.82, 2.24) is 10.4 Å². The van der Waals surface area contributed by atoms with Gasteiger partial charge in [0.15, 0.2) is 0 Å². The number of carboxylic acid groups (broad SMARTS) is 1. The van der Waals surface area contributed by atoms with Gasteiger partial charge in [-0.25, -0.2) is 14.4 Å². The van der Waals surface area contributed by atoms with Crippen molar-refractivity contribution in [2.24, 2.45) is 5.92 Å². The lowest BCUT2D eigenvalue weighted by atomic mass is 10.0. The molecule has 2 unspecified atom stereocenters. The summed E-state index contributed by atoms with van der Waals surface area (Å²) in [7, 11) is -4.67. The number of amides is 1. The average Bonchev–Trinajstić information content (AvgIpc) is 2.45. The maximum atomic E-state index is 12.3. The Morgan fingerprint density at radius 1 is 1.12 bits per heavy atom. The normalized spacial score (nSPS) is 14.2. The first-order valence-electron chi connectivity index (χ1n) is 7.49. The number of nitrogens with one attached hydrogen (secondary N) is 2. The molecular formula is C15H23N2O6P. The molecule has 8 nitrogen and oxygen atoms in total. The highest BCUT2D eigenvalue weighted by molar-refractivity contribution is 7.49. The number of carboxylic acids is 1. The molecule has 2 atom stereocenters. The second-order valence-corrected chi connectivity index (χ2v) is 7.29. The lowest BCUT2D eigenvalue weighted by molar-refractivity contribution is -0.142. The molecule has 0 aliphatic carbocycles. The Kier molecular flexibility index (Phi) is 7.57. The first-order chi connectivity index (χ1) is 11.1. The van der Waals surface area contributed by atoms with E-state index in [1.165, 1.54) is 0 Å². The van der Waals surface area contributed by atoms with Crippen LogP contribution in [0, 0.1) is 5.92 Å². The summed E-state index contributed by atoms with van der Waals surface area (Å²) in [5.74, 6) is -1.92. The average molecular weight is 358 g/mol. The predicted octanol–water partition coefficient (Wildman–Crippen LogP) is 0.895. The molecular weight excluding hydrogens is 335 g/mol. The summed E-state index contributed by atoms with van der Waals surface area (Å²) in [5.41, 5.74) is 0.689. The molecule has 0 heterocycles. The number of carbonyl (C=O) groups is 2. The quantitative estimate of drug-likeness (QED) is 0.414. The minimum absolute atomic E-state index is 0.0196. The Morgan fingerprint density at radius 2 is 1.71 bits per heavy atom. The summed E-state index contributed by atoms with van der Waals surface area (Å²) >= 11 is 0. The van der Waals surface area contributed by atoms with Gasteiger partial charge in [0.1, 0.15) is 12.1 Å². The number of hydrogen-bond donors (Lipinski definition) is 5. The molecule has 0 saturated heterocycles. The highest BCUT2D eigenvalue weighted by Crippen LogP contribution is 2.29. The van der Waals surface area contributed by atoms with E-state index < -0.39 is 31.7 Å². The third-order valence-electron chi connectivity index (χ3n) is 3.24. The number of benzene rings is 1. The Bertz CT molecular complexity index is 601. The van der Waals surface area contributed by atoms with Crippen molar-refractivity contribution in [3.05, 3.63) is 35.9 Å². The molecule has 0 fully saturated rings. The van der Waals surface area contributed by atoms with E-state index in [9.17, 15) is 19.3 Å². The monoisotopic (exact) mass is 358 g/mol. The largest absolute Gasteiger partial charge is 0.480 e. The van der Waals surface area contributed by atoms with Gasteiger partial charge in [-0.05, 0) is 24.3 Å². The standard InChI is InChI=1S/C15H23N2O6P/c1-10(2)8-13(15(19)20)16-14(18)12(17-24(21,22)23)9-11-6-4-3-5-7-11/h3-7,10,12-13H,8-9H2,1-2H3,(H,16,18)(H,19,20)(H3,17,21,22,23). The third kappa shape index (κ3) is 7.70. The predicted molar refractivity (Wildman–Crippen MR) is 88.1 cm³/mol. The lowest BCUT2D eigenvalue weighted by Crippen LogP contribution is -2.50. The van der Waals surface area contributed by atoms with Crippen molar-refractivity contribution in [2.75, 3.05) is 0 Å². The second-order valence-electron chi connectivity index (χ2n) is 5.94. The van der Waals surface area contributed by atoms with Crippen LogP contribution in [0.1, 0.15) is 25.8 Å². The second kappa shape index (κ2) is 8.94. The van der Waals surface area contributed by atoms with Gasteiger partial charge in [-0.15, -0.1) is 0 Å². The van der Waals surface area contributed by atoms with Crippen LogP contribution in [0.5, 0.6) is 0 Å². The Balaban J connectivity index is 2.90. The molecule has 1 amide bonds. The van der Waals surface area contributed by atoms with Crippen LogP contribution < -0.4 is 10.4 Å². The van der Waals surface area contributed by atoms with Crippen LogP contribution in [-0.2, 0) is 20.6 Å². The summed E-state index contributed by atoms with van der Waals surface area (Å²) in [6.45, 7) is 3.63. The smallest absolute Gasteiger partial charge is 0.401 e. The zero-order valence-electron chi connectivity index (χ0n) is 13.5. The Hall–Kier alpha value is -1.73. The minimum atomic E-state index is -4.67. The highest BCUT2D eigenvalue weighted by Gasteiger charge is 2.30. The minimum Gasteiger partial charge on any atom is -0.480 e. The van der Waals surface area contributed by atoms with Crippen molar-refractivity contribution in [1.29, 1.82) is 0 Å². The van der Waals surface area contributed by atoms with Crippen LogP contribution in [0.25, 0.3) is 0 Å². The number of aliphatic carboxylic acids is 1. The molecule has 1 aromatic rings. The van der Waals surface area contributed by atoms with E-state index >= 15 is 0 Å². The number of carbonyl (C=O) groups excluding carboxylic acids is 1. The van der Waals surface area contributed by atoms with Crippen LogP contribution in [0.4, 0.5) is 0 Å². The molecule has 0 aromatic heterocycles. The van der Waals surface area contributed by atoms with Crippen LogP contribution in [0.3, 0.4) is 0 Å². The van der Waals surface area contributed by atoms with E-state index in [0.717, 1.165) is 0 Å². The van der Waals surface area contributed by atoms with Crippen molar-refractivity contribution >= 4 is 19.6 Å².